The summed E-state index contributed by atoms with van der Waals surface area (Å²) < 4.78 is 17.2. The molecule has 0 spiro atoms. The molecule has 1 aromatic rings. The molecular formula is C20H26N2O4. The average molecular weight is 358 g/mol. The highest BCUT2D eigenvalue weighted by Gasteiger charge is 2.38. The third kappa shape index (κ3) is 4.47. The zero-order valence-corrected chi connectivity index (χ0v) is 15.2. The molecular weight excluding hydrogens is 332 g/mol. The van der Waals surface area contributed by atoms with Gasteiger partial charge in [-0.15, -0.1) is 0 Å². The molecule has 2 aliphatic carbocycles. The number of carbonyl (C=O) groups excluding carboxylic acids is 1. The number of ether oxygens (including phenoxy) is 3. The van der Waals surface area contributed by atoms with Gasteiger partial charge in [-0.05, 0) is 62.1 Å². The topological polar surface area (TPSA) is 94.6 Å². The van der Waals surface area contributed by atoms with Gasteiger partial charge in [0.25, 0.3) is 0 Å². The lowest BCUT2D eigenvalue weighted by atomic mass is 9.79. The number of carbonyl (C=O) groups is 1. The summed E-state index contributed by atoms with van der Waals surface area (Å²) in [7, 11) is 1.62. The summed E-state index contributed by atoms with van der Waals surface area (Å²) in [6.07, 6.45) is 4.70. The molecule has 2 N–H and O–H groups in total. The van der Waals surface area contributed by atoms with E-state index in [1.807, 2.05) is 18.2 Å². The predicted molar refractivity (Wildman–Crippen MR) is 95.5 cm³/mol. The van der Waals surface area contributed by atoms with Crippen LogP contribution in [0.3, 0.4) is 0 Å². The van der Waals surface area contributed by atoms with Gasteiger partial charge < -0.3 is 19.9 Å². The number of primary amides is 1. The summed E-state index contributed by atoms with van der Waals surface area (Å²) in [6.45, 7) is 1.02. The molecule has 26 heavy (non-hydrogen) atoms. The standard InChI is InChI=1S/C20H26N2O4/c1-24-17-5-4-15(10-18(17)25-11-14-2-3-14)12-26-20(13-21)8-6-16(7-9-20)19(22)23/h4-5,10,14,16H,2-3,6-9,11-12H2,1H3,(H2,22,23). The quantitative estimate of drug-likeness (QED) is 0.771. The van der Waals surface area contributed by atoms with E-state index in [4.69, 9.17) is 19.9 Å². The number of nitrogens with zero attached hydrogens (tertiary/aromatic N) is 1. The molecule has 2 aliphatic rings. The van der Waals surface area contributed by atoms with Crippen molar-refractivity contribution in [1.82, 2.24) is 0 Å². The average Bonchev–Trinajstić information content (AvgIpc) is 3.49. The number of hydrogen-bond acceptors (Lipinski definition) is 5. The Morgan fingerprint density at radius 2 is 2.00 bits per heavy atom. The van der Waals surface area contributed by atoms with E-state index in [0.29, 0.717) is 56.3 Å². The van der Waals surface area contributed by atoms with Crippen molar-refractivity contribution in [3.8, 4) is 17.6 Å². The first-order valence-corrected chi connectivity index (χ1v) is 9.19. The van der Waals surface area contributed by atoms with Crippen LogP contribution in [0.15, 0.2) is 18.2 Å². The number of nitriles is 1. The van der Waals surface area contributed by atoms with E-state index in [9.17, 15) is 10.1 Å². The molecule has 0 radical (unpaired) electrons. The molecule has 2 saturated carbocycles. The highest BCUT2D eigenvalue weighted by Crippen LogP contribution is 2.36. The Balaban J connectivity index is 1.61. The fourth-order valence-electron chi connectivity index (χ4n) is 3.29. The molecule has 0 heterocycles. The van der Waals surface area contributed by atoms with Crippen molar-refractivity contribution in [1.29, 1.82) is 5.26 Å². The van der Waals surface area contributed by atoms with Crippen LogP contribution in [0.2, 0.25) is 0 Å². The maximum Gasteiger partial charge on any atom is 0.220 e. The van der Waals surface area contributed by atoms with Crippen molar-refractivity contribution in [2.24, 2.45) is 17.6 Å². The van der Waals surface area contributed by atoms with Crippen molar-refractivity contribution in [3.63, 3.8) is 0 Å². The molecule has 3 rings (SSSR count). The molecule has 6 nitrogen and oxygen atoms in total. The van der Waals surface area contributed by atoms with Crippen LogP contribution in [0.25, 0.3) is 0 Å². The Morgan fingerprint density at radius 1 is 1.27 bits per heavy atom. The molecule has 140 valence electrons. The van der Waals surface area contributed by atoms with Crippen LogP contribution in [-0.2, 0) is 16.1 Å². The molecule has 0 aliphatic heterocycles. The highest BCUT2D eigenvalue weighted by atomic mass is 16.5. The van der Waals surface area contributed by atoms with Crippen LogP contribution in [0.1, 0.15) is 44.1 Å². The largest absolute Gasteiger partial charge is 0.493 e. The lowest BCUT2D eigenvalue weighted by Gasteiger charge is -2.33. The Labute approximate surface area is 154 Å². The Bertz CT molecular complexity index is 686. The molecule has 0 bridgehead atoms. The summed E-state index contributed by atoms with van der Waals surface area (Å²) in [6, 6.07) is 8.00. The van der Waals surface area contributed by atoms with Crippen molar-refractivity contribution in [2.75, 3.05) is 13.7 Å². The molecule has 1 aromatic carbocycles. The van der Waals surface area contributed by atoms with Gasteiger partial charge in [-0.3, -0.25) is 4.79 Å². The van der Waals surface area contributed by atoms with Gasteiger partial charge in [0.05, 0.1) is 26.4 Å². The van der Waals surface area contributed by atoms with Crippen LogP contribution in [-0.4, -0.2) is 25.2 Å². The minimum atomic E-state index is -0.846. The van der Waals surface area contributed by atoms with Crippen molar-refractivity contribution < 1.29 is 19.0 Å². The predicted octanol–water partition coefficient (Wildman–Crippen LogP) is 2.94. The minimum absolute atomic E-state index is 0.150. The number of amides is 1. The highest BCUT2D eigenvalue weighted by molar-refractivity contribution is 5.76. The fraction of sp³-hybridized carbons (Fsp3) is 0.600. The first-order chi connectivity index (χ1) is 12.5. The Hall–Kier alpha value is -2.26. The van der Waals surface area contributed by atoms with E-state index >= 15 is 0 Å². The van der Waals surface area contributed by atoms with Gasteiger partial charge in [-0.25, -0.2) is 0 Å². The van der Waals surface area contributed by atoms with Gasteiger partial charge >= 0.3 is 0 Å². The molecule has 6 heteroatoms. The first-order valence-electron chi connectivity index (χ1n) is 9.19. The normalized spacial score (nSPS) is 25.3. The summed E-state index contributed by atoms with van der Waals surface area (Å²) in [5.41, 5.74) is 5.46. The lowest BCUT2D eigenvalue weighted by molar-refractivity contribution is -0.125. The van der Waals surface area contributed by atoms with E-state index in [1.165, 1.54) is 12.8 Å². The zero-order chi connectivity index (χ0) is 18.6. The van der Waals surface area contributed by atoms with Gasteiger partial charge in [-0.1, -0.05) is 6.07 Å². The van der Waals surface area contributed by atoms with Gasteiger partial charge in [0.1, 0.15) is 0 Å². The molecule has 0 unspecified atom stereocenters. The van der Waals surface area contributed by atoms with Gasteiger partial charge in [0, 0.05) is 5.92 Å². The van der Waals surface area contributed by atoms with Crippen LogP contribution in [0.4, 0.5) is 0 Å². The maximum absolute atomic E-state index is 11.3. The Morgan fingerprint density at radius 3 is 2.58 bits per heavy atom. The van der Waals surface area contributed by atoms with Gasteiger partial charge in [0.2, 0.25) is 5.91 Å². The number of methoxy groups -OCH3 is 1. The van der Waals surface area contributed by atoms with E-state index in [1.54, 1.807) is 7.11 Å². The van der Waals surface area contributed by atoms with E-state index in [0.717, 1.165) is 5.56 Å². The Kier molecular flexibility index (Phi) is 5.67. The van der Waals surface area contributed by atoms with E-state index < -0.39 is 5.60 Å². The van der Waals surface area contributed by atoms with Crippen LogP contribution in [0, 0.1) is 23.2 Å². The second kappa shape index (κ2) is 7.96. The summed E-state index contributed by atoms with van der Waals surface area (Å²) in [5.74, 6) is 1.63. The van der Waals surface area contributed by atoms with Gasteiger partial charge in [-0.2, -0.15) is 5.26 Å². The van der Waals surface area contributed by atoms with Crippen molar-refractivity contribution >= 4 is 5.91 Å². The molecule has 0 atom stereocenters. The number of nitrogens with two attached hydrogens (primary N) is 1. The number of rotatable bonds is 8. The summed E-state index contributed by atoms with van der Waals surface area (Å²) in [4.78, 5) is 11.3. The van der Waals surface area contributed by atoms with Crippen LogP contribution in [0.5, 0.6) is 11.5 Å². The van der Waals surface area contributed by atoms with Crippen molar-refractivity contribution in [2.45, 2.75) is 50.7 Å². The molecule has 2 fully saturated rings. The third-order valence-electron chi connectivity index (χ3n) is 5.31. The smallest absolute Gasteiger partial charge is 0.220 e. The zero-order valence-electron chi connectivity index (χ0n) is 15.2. The van der Waals surface area contributed by atoms with Crippen LogP contribution >= 0.6 is 0 Å². The minimum Gasteiger partial charge on any atom is -0.493 e. The second-order valence-corrected chi connectivity index (χ2v) is 7.31. The molecule has 1 amide bonds. The van der Waals surface area contributed by atoms with E-state index in [2.05, 4.69) is 6.07 Å². The third-order valence-corrected chi connectivity index (χ3v) is 5.31. The second-order valence-electron chi connectivity index (χ2n) is 7.31. The van der Waals surface area contributed by atoms with Crippen LogP contribution < -0.4 is 15.2 Å². The SMILES string of the molecule is COc1ccc(COC2(C#N)CCC(C(N)=O)CC2)cc1OCC1CC1. The molecule has 0 saturated heterocycles. The summed E-state index contributed by atoms with van der Waals surface area (Å²) >= 11 is 0. The fourth-order valence-corrected chi connectivity index (χ4v) is 3.29. The lowest BCUT2D eigenvalue weighted by Crippen LogP contribution is -2.39. The maximum atomic E-state index is 11.3. The molecule has 0 aromatic heterocycles. The summed E-state index contributed by atoms with van der Waals surface area (Å²) in [5, 5.41) is 9.60. The monoisotopic (exact) mass is 358 g/mol. The van der Waals surface area contributed by atoms with Crippen molar-refractivity contribution in [3.05, 3.63) is 23.8 Å². The number of hydrogen-bond donors (Lipinski definition) is 1. The number of benzene rings is 1. The van der Waals surface area contributed by atoms with E-state index in [-0.39, 0.29) is 11.8 Å². The first kappa shape index (κ1) is 18.5. The van der Waals surface area contributed by atoms with Gasteiger partial charge in [0.15, 0.2) is 17.1 Å².